The molecule has 1 aromatic rings. The molecule has 0 bridgehead atoms. The van der Waals surface area contributed by atoms with E-state index in [2.05, 4.69) is 0 Å². The van der Waals surface area contributed by atoms with Gasteiger partial charge in [0.15, 0.2) is 0 Å². The Morgan fingerprint density at radius 1 is 1.38 bits per heavy atom. The fraction of sp³-hybridized carbons (Fsp3) is 0.417. The molecule has 0 aliphatic carbocycles. The lowest BCUT2D eigenvalue weighted by atomic mass is 10.2. The first-order valence-electron chi connectivity index (χ1n) is 5.88. The van der Waals surface area contributed by atoms with E-state index in [0.29, 0.717) is 4.31 Å². The number of nitriles is 1. The largest absolute Gasteiger partial charge is 0.402 e. The zero-order valence-electron chi connectivity index (χ0n) is 11.0. The topological polar surface area (TPSA) is 61.2 Å². The number of halogens is 4. The molecular formula is C12H12ClF3N2O2S. The molecule has 9 heteroatoms. The molecule has 0 saturated carbocycles. The third-order valence-electron chi connectivity index (χ3n) is 2.51. The Kier molecular flexibility index (Phi) is 5.61. The molecule has 1 rings (SSSR count). The number of rotatable bonds is 5. The van der Waals surface area contributed by atoms with Gasteiger partial charge in [-0.2, -0.15) is 22.7 Å². The Labute approximate surface area is 125 Å². The van der Waals surface area contributed by atoms with Gasteiger partial charge in [-0.05, 0) is 24.6 Å². The molecule has 4 nitrogen and oxygen atoms in total. The highest BCUT2D eigenvalue weighted by Crippen LogP contribution is 2.28. The van der Waals surface area contributed by atoms with Gasteiger partial charge in [-0.1, -0.05) is 18.5 Å². The predicted molar refractivity (Wildman–Crippen MR) is 71.3 cm³/mol. The Morgan fingerprint density at radius 3 is 2.48 bits per heavy atom. The van der Waals surface area contributed by atoms with Gasteiger partial charge >= 0.3 is 6.18 Å². The van der Waals surface area contributed by atoms with Crippen LogP contribution >= 0.6 is 11.6 Å². The van der Waals surface area contributed by atoms with Gasteiger partial charge < -0.3 is 0 Å². The molecule has 0 aromatic heterocycles. The molecule has 0 unspecified atom stereocenters. The quantitative estimate of drug-likeness (QED) is 0.827. The summed E-state index contributed by atoms with van der Waals surface area (Å²) in [4.78, 5) is -0.499. The molecule has 0 spiro atoms. The van der Waals surface area contributed by atoms with Crippen LogP contribution in [0.15, 0.2) is 23.1 Å². The number of hydrogen-bond acceptors (Lipinski definition) is 3. The van der Waals surface area contributed by atoms with Gasteiger partial charge in [-0.3, -0.25) is 0 Å². The summed E-state index contributed by atoms with van der Waals surface area (Å²) in [6.07, 6.45) is -4.45. The summed E-state index contributed by atoms with van der Waals surface area (Å²) in [6, 6.07) is 5.15. The molecule has 21 heavy (non-hydrogen) atoms. The molecule has 0 aliphatic rings. The van der Waals surface area contributed by atoms with Gasteiger partial charge in [0.1, 0.15) is 11.4 Å². The summed E-state index contributed by atoms with van der Waals surface area (Å²) < 4.78 is 62.5. The average Bonchev–Trinajstić information content (AvgIpc) is 2.37. The van der Waals surface area contributed by atoms with Crippen LogP contribution in [0.25, 0.3) is 0 Å². The van der Waals surface area contributed by atoms with Crippen LogP contribution in [-0.4, -0.2) is 32.0 Å². The molecule has 0 atom stereocenters. The van der Waals surface area contributed by atoms with Crippen molar-refractivity contribution in [1.82, 2.24) is 4.31 Å². The summed E-state index contributed by atoms with van der Waals surface area (Å²) in [5.74, 6) is 0. The summed E-state index contributed by atoms with van der Waals surface area (Å²) in [5.41, 5.74) is 0.00133. The van der Waals surface area contributed by atoms with E-state index in [4.69, 9.17) is 16.9 Å². The number of nitrogens with zero attached hydrogens (tertiary/aromatic N) is 2. The van der Waals surface area contributed by atoms with E-state index in [-0.39, 0.29) is 23.6 Å². The van der Waals surface area contributed by atoms with E-state index in [1.165, 1.54) is 12.1 Å². The number of sulfonamides is 1. The zero-order chi connectivity index (χ0) is 16.3. The monoisotopic (exact) mass is 340 g/mol. The summed E-state index contributed by atoms with van der Waals surface area (Å²) in [5, 5.41) is 8.54. The van der Waals surface area contributed by atoms with Crippen LogP contribution in [-0.2, 0) is 10.0 Å². The van der Waals surface area contributed by atoms with Crippen molar-refractivity contribution in [3.8, 4) is 6.07 Å². The minimum Gasteiger partial charge on any atom is -0.207 e. The highest BCUT2D eigenvalue weighted by molar-refractivity contribution is 7.89. The van der Waals surface area contributed by atoms with Crippen LogP contribution in [0.3, 0.4) is 0 Å². The lowest BCUT2D eigenvalue weighted by Gasteiger charge is -2.23. The van der Waals surface area contributed by atoms with Crippen molar-refractivity contribution in [2.24, 2.45) is 0 Å². The Bertz CT molecular complexity index is 653. The SMILES string of the molecule is CCCN(CC(F)(F)F)S(=O)(=O)c1cc(C#N)ccc1Cl. The van der Waals surface area contributed by atoms with Crippen LogP contribution in [0, 0.1) is 11.3 Å². The second-order valence-corrected chi connectivity index (χ2v) is 6.52. The van der Waals surface area contributed by atoms with E-state index >= 15 is 0 Å². The Balaban J connectivity index is 3.32. The van der Waals surface area contributed by atoms with Gasteiger partial charge in [0.25, 0.3) is 0 Å². The summed E-state index contributed by atoms with van der Waals surface area (Å²) >= 11 is 5.76. The minimum absolute atomic E-state index is 0.00133. The molecular weight excluding hydrogens is 329 g/mol. The van der Waals surface area contributed by atoms with Crippen molar-refractivity contribution in [2.75, 3.05) is 13.1 Å². The van der Waals surface area contributed by atoms with Crippen molar-refractivity contribution in [3.05, 3.63) is 28.8 Å². The lowest BCUT2D eigenvalue weighted by molar-refractivity contribution is -0.136. The van der Waals surface area contributed by atoms with Crippen LogP contribution in [0.1, 0.15) is 18.9 Å². The molecule has 0 radical (unpaired) electrons. The maximum absolute atomic E-state index is 12.5. The van der Waals surface area contributed by atoms with Crippen molar-refractivity contribution >= 4 is 21.6 Å². The van der Waals surface area contributed by atoms with Gasteiger partial charge in [0.05, 0.1) is 16.7 Å². The first-order valence-corrected chi connectivity index (χ1v) is 7.70. The van der Waals surface area contributed by atoms with E-state index in [1.807, 2.05) is 0 Å². The van der Waals surface area contributed by atoms with Gasteiger partial charge in [-0.15, -0.1) is 0 Å². The number of hydrogen-bond donors (Lipinski definition) is 0. The first kappa shape index (κ1) is 17.8. The van der Waals surface area contributed by atoms with E-state index in [0.717, 1.165) is 6.07 Å². The third-order valence-corrected chi connectivity index (χ3v) is 4.83. The molecule has 116 valence electrons. The molecule has 0 aliphatic heterocycles. The van der Waals surface area contributed by atoms with Crippen LogP contribution in [0.4, 0.5) is 13.2 Å². The second kappa shape index (κ2) is 6.64. The number of alkyl halides is 3. The number of benzene rings is 1. The van der Waals surface area contributed by atoms with Crippen LogP contribution < -0.4 is 0 Å². The van der Waals surface area contributed by atoms with Crippen LogP contribution in [0.5, 0.6) is 0 Å². The second-order valence-electron chi connectivity index (χ2n) is 4.21. The maximum Gasteiger partial charge on any atom is 0.402 e. The van der Waals surface area contributed by atoms with Crippen molar-refractivity contribution < 1.29 is 21.6 Å². The summed E-state index contributed by atoms with van der Waals surface area (Å²) in [6.45, 7) is -0.336. The Morgan fingerprint density at radius 2 is 2.00 bits per heavy atom. The fourth-order valence-corrected chi connectivity index (χ4v) is 3.66. The minimum atomic E-state index is -4.67. The van der Waals surface area contributed by atoms with Gasteiger partial charge in [0.2, 0.25) is 10.0 Å². The standard InChI is InChI=1S/C12H12ClF3N2O2S/c1-2-5-18(8-12(14,15)16)21(19,20)11-6-9(7-17)3-4-10(11)13/h3-4,6H,2,5,8H2,1H3. The van der Waals surface area contributed by atoms with Gasteiger partial charge in [0, 0.05) is 6.54 Å². The average molecular weight is 341 g/mol. The van der Waals surface area contributed by atoms with E-state index in [9.17, 15) is 21.6 Å². The zero-order valence-corrected chi connectivity index (χ0v) is 12.6. The molecule has 0 N–H and O–H groups in total. The summed E-state index contributed by atoms with van der Waals surface area (Å²) in [7, 11) is -4.43. The normalized spacial score (nSPS) is 12.4. The van der Waals surface area contributed by atoms with Gasteiger partial charge in [-0.25, -0.2) is 8.42 Å². The smallest absolute Gasteiger partial charge is 0.207 e. The lowest BCUT2D eigenvalue weighted by Crippen LogP contribution is -2.39. The van der Waals surface area contributed by atoms with E-state index < -0.39 is 27.6 Å². The van der Waals surface area contributed by atoms with Crippen molar-refractivity contribution in [2.45, 2.75) is 24.4 Å². The molecule has 0 heterocycles. The molecule has 0 fully saturated rings. The fourth-order valence-electron chi connectivity index (χ4n) is 1.64. The Hall–Kier alpha value is -1.30. The third kappa shape index (κ3) is 4.59. The molecule has 0 amide bonds. The maximum atomic E-state index is 12.5. The van der Waals surface area contributed by atoms with Crippen molar-refractivity contribution in [1.29, 1.82) is 5.26 Å². The molecule has 0 saturated heterocycles. The molecule has 1 aromatic carbocycles. The first-order chi connectivity index (χ1) is 9.61. The van der Waals surface area contributed by atoms with Crippen molar-refractivity contribution in [3.63, 3.8) is 0 Å². The van der Waals surface area contributed by atoms with Crippen LogP contribution in [0.2, 0.25) is 5.02 Å². The predicted octanol–water partition coefficient (Wildman–Crippen LogP) is 3.17. The highest BCUT2D eigenvalue weighted by atomic mass is 35.5. The van der Waals surface area contributed by atoms with E-state index in [1.54, 1.807) is 13.0 Å². The highest BCUT2D eigenvalue weighted by Gasteiger charge is 2.37.